The van der Waals surface area contributed by atoms with Gasteiger partial charge in [-0.3, -0.25) is 14.6 Å². The Morgan fingerprint density at radius 3 is 2.79 bits per heavy atom. The van der Waals surface area contributed by atoms with Crippen molar-refractivity contribution in [1.29, 1.82) is 0 Å². The van der Waals surface area contributed by atoms with Crippen molar-refractivity contribution < 1.29 is 0 Å². The summed E-state index contributed by atoms with van der Waals surface area (Å²) in [6.07, 6.45) is 5.29. The maximum atomic E-state index is 4.76. The summed E-state index contributed by atoms with van der Waals surface area (Å²) in [5, 5.41) is 8.45. The molecule has 8 nitrogen and oxygen atoms in total. The first-order valence-electron chi connectivity index (χ1n) is 9.24. The molecule has 0 N–H and O–H groups in total. The highest BCUT2D eigenvalue weighted by Crippen LogP contribution is 2.25. The fourth-order valence-corrected chi connectivity index (χ4v) is 4.32. The predicted octanol–water partition coefficient (Wildman–Crippen LogP) is 2.20. The monoisotopic (exact) mass is 392 g/mol. The maximum Gasteiger partial charge on any atom is 0.163 e. The summed E-state index contributed by atoms with van der Waals surface area (Å²) in [6.45, 7) is 4.67. The van der Waals surface area contributed by atoms with Gasteiger partial charge in [0.25, 0.3) is 0 Å². The van der Waals surface area contributed by atoms with E-state index in [1.165, 1.54) is 0 Å². The van der Waals surface area contributed by atoms with Crippen LogP contribution >= 0.6 is 11.3 Å². The SMILES string of the molecule is Cn1ncc2c(N3CCN(Cc4csc(-c5ccccn5)n4)CC3)ncnc21. The number of hydrogen-bond donors (Lipinski definition) is 0. The molecule has 0 amide bonds. The number of anilines is 1. The Bertz CT molecular complexity index is 1080. The number of pyridine rings is 1. The van der Waals surface area contributed by atoms with Crippen molar-refractivity contribution in [2.45, 2.75) is 6.54 Å². The summed E-state index contributed by atoms with van der Waals surface area (Å²) < 4.78 is 1.79. The first-order chi connectivity index (χ1) is 13.8. The summed E-state index contributed by atoms with van der Waals surface area (Å²) in [7, 11) is 1.91. The Kier molecular flexibility index (Phi) is 4.46. The number of aryl methyl sites for hydroxylation is 1. The predicted molar refractivity (Wildman–Crippen MR) is 109 cm³/mol. The standard InChI is InChI=1S/C19H20N8S/c1-25-17-15(10-23-25)18(22-13-21-17)27-8-6-26(7-9-27)11-14-12-28-19(24-14)16-4-2-3-5-20-16/h2-5,10,12-13H,6-9,11H2,1H3. The molecule has 0 spiro atoms. The average molecular weight is 392 g/mol. The lowest BCUT2D eigenvalue weighted by Crippen LogP contribution is -2.46. The van der Waals surface area contributed by atoms with Crippen LogP contribution in [0.5, 0.6) is 0 Å². The van der Waals surface area contributed by atoms with E-state index in [0.717, 1.165) is 66.0 Å². The Morgan fingerprint density at radius 1 is 1.07 bits per heavy atom. The molecule has 0 aromatic carbocycles. The highest BCUT2D eigenvalue weighted by molar-refractivity contribution is 7.13. The lowest BCUT2D eigenvalue weighted by molar-refractivity contribution is 0.247. The van der Waals surface area contributed by atoms with Crippen LogP contribution in [-0.2, 0) is 13.6 Å². The minimum absolute atomic E-state index is 0.864. The fraction of sp³-hybridized carbons (Fsp3) is 0.316. The first-order valence-corrected chi connectivity index (χ1v) is 10.1. The highest BCUT2D eigenvalue weighted by atomic mass is 32.1. The van der Waals surface area contributed by atoms with Crippen LogP contribution in [0.3, 0.4) is 0 Å². The summed E-state index contributed by atoms with van der Waals surface area (Å²) >= 11 is 1.66. The second-order valence-corrected chi connectivity index (χ2v) is 7.68. The molecule has 0 atom stereocenters. The van der Waals surface area contributed by atoms with Crippen molar-refractivity contribution in [3.63, 3.8) is 0 Å². The van der Waals surface area contributed by atoms with E-state index in [1.54, 1.807) is 22.3 Å². The molecule has 1 saturated heterocycles. The Labute approximate surface area is 166 Å². The topological polar surface area (TPSA) is 75.9 Å². The molecule has 1 aliphatic heterocycles. The normalized spacial score (nSPS) is 15.4. The van der Waals surface area contributed by atoms with Crippen LogP contribution in [0.4, 0.5) is 5.82 Å². The van der Waals surface area contributed by atoms with Crippen LogP contribution in [0.25, 0.3) is 21.7 Å². The molecule has 0 saturated carbocycles. The number of hydrogen-bond acceptors (Lipinski definition) is 8. The average Bonchev–Trinajstić information content (AvgIpc) is 3.36. The summed E-state index contributed by atoms with van der Waals surface area (Å²) in [5.41, 5.74) is 2.92. The number of nitrogens with zero attached hydrogens (tertiary/aromatic N) is 8. The van der Waals surface area contributed by atoms with E-state index in [9.17, 15) is 0 Å². The zero-order chi connectivity index (χ0) is 18.9. The van der Waals surface area contributed by atoms with Gasteiger partial charge in [0.05, 0.1) is 23.0 Å². The first kappa shape index (κ1) is 17.2. The molecular weight excluding hydrogens is 372 g/mol. The maximum absolute atomic E-state index is 4.76. The van der Waals surface area contributed by atoms with E-state index in [0.29, 0.717) is 0 Å². The van der Waals surface area contributed by atoms with Gasteiger partial charge in [0.2, 0.25) is 0 Å². The number of rotatable bonds is 4. The van der Waals surface area contributed by atoms with Crippen molar-refractivity contribution in [2.24, 2.45) is 7.05 Å². The van der Waals surface area contributed by atoms with E-state index < -0.39 is 0 Å². The molecule has 0 aliphatic carbocycles. The third-order valence-corrected chi connectivity index (χ3v) is 5.92. The Hall–Kier alpha value is -2.91. The number of aromatic nitrogens is 6. The largest absolute Gasteiger partial charge is 0.353 e. The number of fused-ring (bicyclic) bond motifs is 1. The molecule has 1 aliphatic rings. The molecule has 28 heavy (non-hydrogen) atoms. The molecule has 142 valence electrons. The summed E-state index contributed by atoms with van der Waals surface area (Å²) in [5.74, 6) is 0.976. The van der Waals surface area contributed by atoms with Crippen LogP contribution < -0.4 is 4.90 Å². The zero-order valence-corrected chi connectivity index (χ0v) is 16.4. The third kappa shape index (κ3) is 3.23. The van der Waals surface area contributed by atoms with E-state index >= 15 is 0 Å². The Balaban J connectivity index is 1.25. The quantitative estimate of drug-likeness (QED) is 0.527. The van der Waals surface area contributed by atoms with Gasteiger partial charge < -0.3 is 4.90 Å². The van der Waals surface area contributed by atoms with Gasteiger partial charge in [-0.15, -0.1) is 11.3 Å². The molecule has 9 heteroatoms. The van der Waals surface area contributed by atoms with E-state index in [2.05, 4.69) is 35.2 Å². The van der Waals surface area contributed by atoms with E-state index in [-0.39, 0.29) is 0 Å². The summed E-state index contributed by atoms with van der Waals surface area (Å²) in [6, 6.07) is 5.92. The fourth-order valence-electron chi connectivity index (χ4n) is 3.54. The number of piperazine rings is 1. The second kappa shape index (κ2) is 7.25. The Morgan fingerprint density at radius 2 is 1.96 bits per heavy atom. The van der Waals surface area contributed by atoms with Gasteiger partial charge in [-0.1, -0.05) is 6.07 Å². The highest BCUT2D eigenvalue weighted by Gasteiger charge is 2.21. The summed E-state index contributed by atoms with van der Waals surface area (Å²) in [4.78, 5) is 22.8. The molecule has 0 radical (unpaired) electrons. The van der Waals surface area contributed by atoms with Crippen LogP contribution in [-0.4, -0.2) is 60.8 Å². The van der Waals surface area contributed by atoms with Crippen molar-refractivity contribution >= 4 is 28.2 Å². The van der Waals surface area contributed by atoms with Gasteiger partial charge in [-0.05, 0) is 12.1 Å². The van der Waals surface area contributed by atoms with Crippen molar-refractivity contribution in [3.8, 4) is 10.7 Å². The van der Waals surface area contributed by atoms with E-state index in [1.807, 2.05) is 37.6 Å². The molecule has 5 rings (SSSR count). The number of thiazole rings is 1. The van der Waals surface area contributed by atoms with Crippen LogP contribution in [0.1, 0.15) is 5.69 Å². The molecule has 1 fully saturated rings. The minimum Gasteiger partial charge on any atom is -0.353 e. The third-order valence-electron chi connectivity index (χ3n) is 5.00. The molecular formula is C19H20N8S. The van der Waals surface area contributed by atoms with Crippen molar-refractivity contribution in [1.82, 2.24) is 34.6 Å². The van der Waals surface area contributed by atoms with Gasteiger partial charge in [0.15, 0.2) is 5.65 Å². The van der Waals surface area contributed by atoms with Gasteiger partial charge >= 0.3 is 0 Å². The van der Waals surface area contributed by atoms with Gasteiger partial charge in [-0.2, -0.15) is 5.10 Å². The molecule has 4 aromatic heterocycles. The van der Waals surface area contributed by atoms with Gasteiger partial charge in [0, 0.05) is 51.3 Å². The van der Waals surface area contributed by atoms with E-state index in [4.69, 9.17) is 4.98 Å². The minimum atomic E-state index is 0.864. The van der Waals surface area contributed by atoms with Gasteiger partial charge in [0.1, 0.15) is 17.2 Å². The molecule has 0 bridgehead atoms. The van der Waals surface area contributed by atoms with Crippen LogP contribution in [0.15, 0.2) is 42.3 Å². The lowest BCUT2D eigenvalue weighted by atomic mass is 10.2. The lowest BCUT2D eigenvalue weighted by Gasteiger charge is -2.35. The second-order valence-electron chi connectivity index (χ2n) is 6.82. The molecule has 0 unspecified atom stereocenters. The van der Waals surface area contributed by atoms with Gasteiger partial charge in [-0.25, -0.2) is 15.0 Å². The zero-order valence-electron chi connectivity index (χ0n) is 15.6. The van der Waals surface area contributed by atoms with Crippen molar-refractivity contribution in [2.75, 3.05) is 31.1 Å². The van der Waals surface area contributed by atoms with Crippen molar-refractivity contribution in [3.05, 3.63) is 48.0 Å². The van der Waals surface area contributed by atoms with Crippen LogP contribution in [0, 0.1) is 0 Å². The van der Waals surface area contributed by atoms with Crippen LogP contribution in [0.2, 0.25) is 0 Å². The molecule has 4 aromatic rings. The smallest absolute Gasteiger partial charge is 0.163 e. The molecule has 5 heterocycles.